The van der Waals surface area contributed by atoms with E-state index in [-0.39, 0.29) is 24.5 Å². The maximum absolute atomic E-state index is 12.8. The lowest BCUT2D eigenvalue weighted by molar-refractivity contribution is -0.118. The Morgan fingerprint density at radius 2 is 1.96 bits per heavy atom. The average Bonchev–Trinajstić information content (AvgIpc) is 2.90. The summed E-state index contributed by atoms with van der Waals surface area (Å²) in [5.74, 6) is 0.469. The molecule has 1 aliphatic carbocycles. The van der Waals surface area contributed by atoms with Crippen LogP contribution >= 0.6 is 0 Å². The number of amides is 2. The molecule has 2 aromatic rings. The highest BCUT2D eigenvalue weighted by atomic mass is 16.5. The van der Waals surface area contributed by atoms with Crippen molar-refractivity contribution in [2.24, 2.45) is 0 Å². The number of fused-ring (bicyclic) bond motifs is 2. The molecule has 0 saturated carbocycles. The minimum Gasteiger partial charge on any atom is -0.481 e. The van der Waals surface area contributed by atoms with E-state index in [0.717, 1.165) is 6.42 Å². The van der Waals surface area contributed by atoms with Gasteiger partial charge < -0.3 is 15.4 Å². The molecule has 2 aliphatic rings. The van der Waals surface area contributed by atoms with Crippen LogP contribution in [0.25, 0.3) is 0 Å². The molecule has 4 rings (SSSR count). The monoisotopic (exact) mass is 322 g/mol. The highest BCUT2D eigenvalue weighted by molar-refractivity contribution is 6.03. The van der Waals surface area contributed by atoms with Gasteiger partial charge in [0.1, 0.15) is 0 Å². The molecule has 1 heterocycles. The number of rotatable bonds is 2. The van der Waals surface area contributed by atoms with Gasteiger partial charge >= 0.3 is 0 Å². The lowest BCUT2D eigenvalue weighted by Gasteiger charge is -2.21. The van der Waals surface area contributed by atoms with Gasteiger partial charge in [-0.05, 0) is 35.6 Å². The summed E-state index contributed by atoms with van der Waals surface area (Å²) in [7, 11) is 0. The third kappa shape index (κ3) is 2.42. The van der Waals surface area contributed by atoms with Crippen molar-refractivity contribution in [3.8, 4) is 5.75 Å². The van der Waals surface area contributed by atoms with E-state index < -0.39 is 0 Å². The van der Waals surface area contributed by atoms with Crippen LogP contribution in [0.2, 0.25) is 0 Å². The molecule has 0 aromatic heterocycles. The van der Waals surface area contributed by atoms with Gasteiger partial charge in [-0.3, -0.25) is 9.59 Å². The first-order valence-electron chi connectivity index (χ1n) is 8.09. The summed E-state index contributed by atoms with van der Waals surface area (Å²) >= 11 is 0. The summed E-state index contributed by atoms with van der Waals surface area (Å²) in [5.41, 5.74) is 3.46. The first-order valence-corrected chi connectivity index (χ1v) is 8.09. The van der Waals surface area contributed by atoms with E-state index in [4.69, 9.17) is 4.74 Å². The van der Waals surface area contributed by atoms with Gasteiger partial charge in [-0.25, -0.2) is 0 Å². The standard InChI is InChI=1S/C19H18N2O3/c1-11-9-16(13-6-3-2-5-12(11)13)21-19(23)14-7-4-8-15-18(14)24-10-17(22)20-15/h2-8,11,16H,9-10H2,1H3,(H,20,22)(H,21,23). The summed E-state index contributed by atoms with van der Waals surface area (Å²) in [4.78, 5) is 24.2. The fraction of sp³-hybridized carbons (Fsp3) is 0.263. The first-order chi connectivity index (χ1) is 11.6. The molecule has 2 unspecified atom stereocenters. The van der Waals surface area contributed by atoms with E-state index >= 15 is 0 Å². The van der Waals surface area contributed by atoms with Crippen LogP contribution in [0.15, 0.2) is 42.5 Å². The number of para-hydroxylation sites is 1. The lowest BCUT2D eigenvalue weighted by Crippen LogP contribution is -2.30. The normalized spacial score (nSPS) is 21.3. The molecule has 0 fully saturated rings. The molecule has 122 valence electrons. The Morgan fingerprint density at radius 3 is 2.79 bits per heavy atom. The van der Waals surface area contributed by atoms with E-state index in [0.29, 0.717) is 22.9 Å². The second-order valence-corrected chi connectivity index (χ2v) is 6.31. The number of carbonyl (C=O) groups is 2. The zero-order valence-corrected chi connectivity index (χ0v) is 13.3. The van der Waals surface area contributed by atoms with Crippen molar-refractivity contribution >= 4 is 17.5 Å². The van der Waals surface area contributed by atoms with Crippen LogP contribution in [-0.4, -0.2) is 18.4 Å². The van der Waals surface area contributed by atoms with Crippen LogP contribution < -0.4 is 15.4 Å². The van der Waals surface area contributed by atoms with Crippen molar-refractivity contribution in [1.82, 2.24) is 5.32 Å². The Labute approximate surface area is 140 Å². The van der Waals surface area contributed by atoms with Gasteiger partial charge in [0.15, 0.2) is 12.4 Å². The number of nitrogens with one attached hydrogen (secondary N) is 2. The third-order valence-electron chi connectivity index (χ3n) is 4.68. The summed E-state index contributed by atoms with van der Waals surface area (Å²) < 4.78 is 5.47. The maximum atomic E-state index is 12.8. The van der Waals surface area contributed by atoms with Crippen molar-refractivity contribution in [1.29, 1.82) is 0 Å². The zero-order chi connectivity index (χ0) is 16.7. The fourth-order valence-electron chi connectivity index (χ4n) is 3.55. The van der Waals surface area contributed by atoms with E-state index in [1.54, 1.807) is 18.2 Å². The van der Waals surface area contributed by atoms with Crippen LogP contribution in [0.1, 0.15) is 46.8 Å². The number of hydrogen-bond donors (Lipinski definition) is 2. The quantitative estimate of drug-likeness (QED) is 0.893. The number of anilines is 1. The summed E-state index contributed by atoms with van der Waals surface area (Å²) in [6.45, 7) is 2.11. The topological polar surface area (TPSA) is 67.4 Å². The molecule has 5 nitrogen and oxygen atoms in total. The summed E-state index contributed by atoms with van der Waals surface area (Å²) in [6, 6.07) is 13.4. The Kier molecular flexibility index (Phi) is 3.49. The molecule has 0 spiro atoms. The average molecular weight is 322 g/mol. The van der Waals surface area contributed by atoms with Crippen LogP contribution in [0.3, 0.4) is 0 Å². The molecule has 2 N–H and O–H groups in total. The molecular weight excluding hydrogens is 304 g/mol. The predicted molar refractivity (Wildman–Crippen MR) is 90.2 cm³/mol. The van der Waals surface area contributed by atoms with E-state index in [1.165, 1.54) is 11.1 Å². The van der Waals surface area contributed by atoms with Gasteiger partial charge in [-0.2, -0.15) is 0 Å². The Bertz CT molecular complexity index is 831. The molecule has 5 heteroatoms. The number of ether oxygens (including phenoxy) is 1. The van der Waals surface area contributed by atoms with Crippen molar-refractivity contribution in [3.05, 3.63) is 59.2 Å². The van der Waals surface area contributed by atoms with Gasteiger partial charge in [0.2, 0.25) is 0 Å². The van der Waals surface area contributed by atoms with Gasteiger partial charge in [0, 0.05) is 0 Å². The maximum Gasteiger partial charge on any atom is 0.262 e. The Hall–Kier alpha value is -2.82. The number of benzene rings is 2. The third-order valence-corrected chi connectivity index (χ3v) is 4.68. The minimum atomic E-state index is -0.210. The van der Waals surface area contributed by atoms with E-state index in [2.05, 4.69) is 29.7 Å². The molecule has 1 aliphatic heterocycles. The largest absolute Gasteiger partial charge is 0.481 e. The van der Waals surface area contributed by atoms with E-state index in [9.17, 15) is 9.59 Å². The van der Waals surface area contributed by atoms with Crippen LogP contribution in [0.4, 0.5) is 5.69 Å². The second-order valence-electron chi connectivity index (χ2n) is 6.31. The second kappa shape index (κ2) is 5.67. The van der Waals surface area contributed by atoms with Crippen molar-refractivity contribution in [3.63, 3.8) is 0 Å². The predicted octanol–water partition coefficient (Wildman–Crippen LogP) is 3.00. The van der Waals surface area contributed by atoms with Crippen molar-refractivity contribution < 1.29 is 14.3 Å². The highest BCUT2D eigenvalue weighted by Gasteiger charge is 2.30. The zero-order valence-electron chi connectivity index (χ0n) is 13.3. The van der Waals surface area contributed by atoms with Crippen molar-refractivity contribution in [2.75, 3.05) is 11.9 Å². The van der Waals surface area contributed by atoms with Crippen LogP contribution in [-0.2, 0) is 4.79 Å². The smallest absolute Gasteiger partial charge is 0.262 e. The molecule has 2 aromatic carbocycles. The Morgan fingerprint density at radius 1 is 1.17 bits per heavy atom. The fourth-order valence-corrected chi connectivity index (χ4v) is 3.55. The lowest BCUT2D eigenvalue weighted by atomic mass is 10.0. The molecule has 0 radical (unpaired) electrons. The number of carbonyl (C=O) groups excluding carboxylic acids is 2. The molecule has 2 amide bonds. The highest BCUT2D eigenvalue weighted by Crippen LogP contribution is 2.40. The number of hydrogen-bond acceptors (Lipinski definition) is 3. The first kappa shape index (κ1) is 14.8. The molecular formula is C19H18N2O3. The SMILES string of the molecule is CC1CC(NC(=O)c2cccc3c2OCC(=O)N3)c2ccccc21. The summed E-state index contributed by atoms with van der Waals surface area (Å²) in [6.07, 6.45) is 0.887. The van der Waals surface area contributed by atoms with Gasteiger partial charge in [0.05, 0.1) is 17.3 Å². The van der Waals surface area contributed by atoms with E-state index in [1.807, 2.05) is 12.1 Å². The van der Waals surface area contributed by atoms with Gasteiger partial charge in [-0.1, -0.05) is 37.3 Å². The Balaban J connectivity index is 1.60. The molecule has 2 atom stereocenters. The van der Waals surface area contributed by atoms with Crippen LogP contribution in [0, 0.1) is 0 Å². The molecule has 0 saturated heterocycles. The van der Waals surface area contributed by atoms with Gasteiger partial charge in [0.25, 0.3) is 11.8 Å². The summed E-state index contributed by atoms with van der Waals surface area (Å²) in [5, 5.41) is 5.84. The minimum absolute atomic E-state index is 0.00209. The van der Waals surface area contributed by atoms with Gasteiger partial charge in [-0.15, -0.1) is 0 Å². The van der Waals surface area contributed by atoms with Crippen LogP contribution in [0.5, 0.6) is 5.75 Å². The van der Waals surface area contributed by atoms with Crippen molar-refractivity contribution in [2.45, 2.75) is 25.3 Å². The molecule has 24 heavy (non-hydrogen) atoms. The molecule has 0 bridgehead atoms.